The van der Waals surface area contributed by atoms with Crippen molar-refractivity contribution in [1.82, 2.24) is 10.2 Å². The lowest BCUT2D eigenvalue weighted by molar-refractivity contribution is -0.142. The number of likely N-dealkylation sites (N-methyl/N-ethyl adjacent to an activating group) is 1. The molecule has 0 bridgehead atoms. The molecule has 0 fully saturated rings. The largest absolute Gasteiger partial charge is 0.484 e. The van der Waals surface area contributed by atoms with Gasteiger partial charge in [0, 0.05) is 23.6 Å². The van der Waals surface area contributed by atoms with Gasteiger partial charge in [0.1, 0.15) is 11.8 Å². The maximum atomic E-state index is 12.9. The molecule has 0 aromatic heterocycles. The number of nitrogens with zero attached hydrogens (tertiary/aromatic N) is 1. The predicted octanol–water partition coefficient (Wildman–Crippen LogP) is 4.15. The van der Waals surface area contributed by atoms with Crippen LogP contribution in [0.15, 0.2) is 36.4 Å². The number of aryl methyl sites for hydroxylation is 2. The van der Waals surface area contributed by atoms with Crippen molar-refractivity contribution in [3.8, 4) is 5.75 Å². The summed E-state index contributed by atoms with van der Waals surface area (Å²) in [4.78, 5) is 26.5. The summed E-state index contributed by atoms with van der Waals surface area (Å²) in [5.41, 5.74) is 2.79. The second-order valence-corrected chi connectivity index (χ2v) is 7.50. The molecule has 0 aliphatic carbocycles. The Morgan fingerprint density at radius 3 is 2.32 bits per heavy atom. The number of rotatable bonds is 7. The first-order chi connectivity index (χ1) is 13.2. The summed E-state index contributed by atoms with van der Waals surface area (Å²) in [7, 11) is 1.53. The van der Waals surface area contributed by atoms with E-state index in [1.807, 2.05) is 32.0 Å². The Bertz CT molecular complexity index is 850. The topological polar surface area (TPSA) is 58.6 Å². The molecule has 1 atom stereocenters. The Balaban J connectivity index is 2.19. The summed E-state index contributed by atoms with van der Waals surface area (Å²) < 4.78 is 5.68. The monoisotopic (exact) mass is 422 g/mol. The van der Waals surface area contributed by atoms with E-state index < -0.39 is 6.04 Å². The summed E-state index contributed by atoms with van der Waals surface area (Å²) in [6.07, 6.45) is 0. The summed E-state index contributed by atoms with van der Waals surface area (Å²) >= 11 is 12.2. The molecule has 150 valence electrons. The minimum absolute atomic E-state index is 0.166. The molecule has 0 aliphatic heterocycles. The molecule has 1 N–H and O–H groups in total. The molecule has 5 nitrogen and oxygen atoms in total. The van der Waals surface area contributed by atoms with Gasteiger partial charge >= 0.3 is 0 Å². The Kier molecular flexibility index (Phi) is 7.72. The van der Waals surface area contributed by atoms with Crippen molar-refractivity contribution in [3.63, 3.8) is 0 Å². The van der Waals surface area contributed by atoms with Crippen LogP contribution < -0.4 is 10.1 Å². The van der Waals surface area contributed by atoms with E-state index in [9.17, 15) is 9.59 Å². The molecule has 2 rings (SSSR count). The van der Waals surface area contributed by atoms with E-state index in [1.165, 1.54) is 11.9 Å². The van der Waals surface area contributed by atoms with Crippen molar-refractivity contribution in [3.05, 3.63) is 63.1 Å². The van der Waals surface area contributed by atoms with Gasteiger partial charge in [-0.3, -0.25) is 9.59 Å². The zero-order valence-corrected chi connectivity index (χ0v) is 17.9. The van der Waals surface area contributed by atoms with Gasteiger partial charge in [-0.2, -0.15) is 0 Å². The number of hydrogen-bond donors (Lipinski definition) is 1. The van der Waals surface area contributed by atoms with Crippen LogP contribution in [0.25, 0.3) is 0 Å². The fraction of sp³-hybridized carbons (Fsp3) is 0.333. The van der Waals surface area contributed by atoms with Crippen LogP contribution in [0.3, 0.4) is 0 Å². The van der Waals surface area contributed by atoms with Crippen molar-refractivity contribution in [2.24, 2.45) is 0 Å². The number of halogens is 2. The summed E-state index contributed by atoms with van der Waals surface area (Å²) in [6, 6.07) is 10.1. The fourth-order valence-corrected chi connectivity index (χ4v) is 3.34. The maximum Gasteiger partial charge on any atom is 0.261 e. The van der Waals surface area contributed by atoms with Gasteiger partial charge in [-0.1, -0.05) is 35.3 Å². The average Bonchev–Trinajstić information content (AvgIpc) is 2.63. The van der Waals surface area contributed by atoms with Crippen LogP contribution in [-0.4, -0.2) is 36.4 Å². The average molecular weight is 423 g/mol. The lowest BCUT2D eigenvalue weighted by atomic mass is 10.1. The van der Waals surface area contributed by atoms with Gasteiger partial charge in [0.15, 0.2) is 6.61 Å². The smallest absolute Gasteiger partial charge is 0.261 e. The number of benzene rings is 2. The molecule has 2 aromatic rings. The summed E-state index contributed by atoms with van der Waals surface area (Å²) in [5.74, 6) is 0.0223. The number of amides is 2. The van der Waals surface area contributed by atoms with Crippen LogP contribution in [0.5, 0.6) is 5.75 Å². The van der Waals surface area contributed by atoms with Crippen LogP contribution in [0.2, 0.25) is 10.0 Å². The van der Waals surface area contributed by atoms with Crippen molar-refractivity contribution in [1.29, 1.82) is 0 Å². The van der Waals surface area contributed by atoms with Gasteiger partial charge in [0.2, 0.25) is 5.91 Å². The molecule has 7 heteroatoms. The molecule has 0 saturated carbocycles. The van der Waals surface area contributed by atoms with Crippen molar-refractivity contribution < 1.29 is 14.3 Å². The molecular formula is C21H24Cl2N2O3. The Morgan fingerprint density at radius 1 is 1.11 bits per heavy atom. The number of hydrogen-bond acceptors (Lipinski definition) is 3. The molecular weight excluding hydrogens is 399 g/mol. The third-order valence-electron chi connectivity index (χ3n) is 4.33. The van der Waals surface area contributed by atoms with Gasteiger partial charge in [0.05, 0.1) is 0 Å². The molecule has 0 radical (unpaired) electrons. The highest BCUT2D eigenvalue weighted by Gasteiger charge is 2.26. The van der Waals surface area contributed by atoms with Crippen LogP contribution in [0, 0.1) is 13.8 Å². The van der Waals surface area contributed by atoms with E-state index >= 15 is 0 Å². The number of carbonyl (C=O) groups is 2. The lowest BCUT2D eigenvalue weighted by Crippen LogP contribution is -2.48. The van der Waals surface area contributed by atoms with E-state index in [0.29, 0.717) is 21.4 Å². The van der Waals surface area contributed by atoms with E-state index in [2.05, 4.69) is 5.32 Å². The Hall–Kier alpha value is -2.24. The van der Waals surface area contributed by atoms with Crippen LogP contribution in [0.4, 0.5) is 0 Å². The molecule has 1 unspecified atom stereocenters. The quantitative estimate of drug-likeness (QED) is 0.728. The van der Waals surface area contributed by atoms with Gasteiger partial charge in [-0.15, -0.1) is 0 Å². The van der Waals surface area contributed by atoms with E-state index in [4.69, 9.17) is 27.9 Å². The summed E-state index contributed by atoms with van der Waals surface area (Å²) in [5, 5.41) is 3.51. The van der Waals surface area contributed by atoms with E-state index in [-0.39, 0.29) is 25.0 Å². The Labute approximate surface area is 175 Å². The molecule has 2 amide bonds. The molecule has 0 aliphatic rings. The highest BCUT2D eigenvalue weighted by atomic mass is 35.5. The molecule has 0 heterocycles. The molecule has 0 spiro atoms. The lowest BCUT2D eigenvalue weighted by Gasteiger charge is -2.28. The first-order valence-corrected chi connectivity index (χ1v) is 9.63. The van der Waals surface area contributed by atoms with E-state index in [1.54, 1.807) is 25.1 Å². The van der Waals surface area contributed by atoms with Crippen molar-refractivity contribution in [2.75, 3.05) is 13.7 Å². The second-order valence-electron chi connectivity index (χ2n) is 6.66. The van der Waals surface area contributed by atoms with E-state index in [0.717, 1.165) is 11.1 Å². The minimum atomic E-state index is -0.688. The third kappa shape index (κ3) is 5.88. The summed E-state index contributed by atoms with van der Waals surface area (Å²) in [6.45, 7) is 5.57. The number of nitrogens with one attached hydrogen (secondary N) is 1. The zero-order chi connectivity index (χ0) is 20.8. The van der Waals surface area contributed by atoms with Crippen molar-refractivity contribution in [2.45, 2.75) is 33.4 Å². The minimum Gasteiger partial charge on any atom is -0.484 e. The maximum absolute atomic E-state index is 12.9. The normalized spacial score (nSPS) is 11.6. The molecule has 28 heavy (non-hydrogen) atoms. The standard InChI is InChI=1S/C21H24Cl2N2O3/c1-13-7-14(2)9-18(8-13)28-12-20(26)25(15(3)21(27)24-4)11-16-5-6-17(22)10-19(16)23/h5-10,15H,11-12H2,1-4H3,(H,24,27). The van der Waals surface area contributed by atoms with Gasteiger partial charge < -0.3 is 15.0 Å². The Morgan fingerprint density at radius 2 is 1.75 bits per heavy atom. The first-order valence-electron chi connectivity index (χ1n) is 8.87. The van der Waals surface area contributed by atoms with Gasteiger partial charge in [-0.05, 0) is 61.7 Å². The SMILES string of the molecule is CNC(=O)C(C)N(Cc1ccc(Cl)cc1Cl)C(=O)COc1cc(C)cc(C)c1. The van der Waals surface area contributed by atoms with Crippen LogP contribution >= 0.6 is 23.2 Å². The second kappa shape index (κ2) is 9.80. The van der Waals surface area contributed by atoms with Gasteiger partial charge in [0.25, 0.3) is 5.91 Å². The predicted molar refractivity (Wildman–Crippen MR) is 112 cm³/mol. The zero-order valence-electron chi connectivity index (χ0n) is 16.4. The highest BCUT2D eigenvalue weighted by Crippen LogP contribution is 2.23. The number of carbonyl (C=O) groups excluding carboxylic acids is 2. The molecule has 2 aromatic carbocycles. The van der Waals surface area contributed by atoms with Crippen LogP contribution in [-0.2, 0) is 16.1 Å². The fourth-order valence-electron chi connectivity index (χ4n) is 2.87. The van der Waals surface area contributed by atoms with Gasteiger partial charge in [-0.25, -0.2) is 0 Å². The molecule has 0 saturated heterocycles. The first kappa shape index (κ1) is 22.1. The van der Waals surface area contributed by atoms with Crippen LogP contribution in [0.1, 0.15) is 23.6 Å². The third-order valence-corrected chi connectivity index (χ3v) is 4.91. The highest BCUT2D eigenvalue weighted by molar-refractivity contribution is 6.35. The van der Waals surface area contributed by atoms with Crippen molar-refractivity contribution >= 4 is 35.0 Å². The number of ether oxygens (including phenoxy) is 1.